The Bertz CT molecular complexity index is 825. The third-order valence-electron chi connectivity index (χ3n) is 4.19. The summed E-state index contributed by atoms with van der Waals surface area (Å²) in [6, 6.07) is 6.92. The minimum absolute atomic E-state index is 0.170. The van der Waals surface area contributed by atoms with E-state index in [0.29, 0.717) is 49.0 Å². The molecular formula is C19H27N7O3. The molecule has 2 aromatic rings. The topological polar surface area (TPSA) is 105 Å². The van der Waals surface area contributed by atoms with Crippen molar-refractivity contribution in [2.75, 3.05) is 62.1 Å². The summed E-state index contributed by atoms with van der Waals surface area (Å²) in [4.78, 5) is 29.7. The summed E-state index contributed by atoms with van der Waals surface area (Å²) < 4.78 is 10.9. The van der Waals surface area contributed by atoms with Crippen molar-refractivity contribution < 1.29 is 14.3 Å². The van der Waals surface area contributed by atoms with Crippen LogP contribution in [0.3, 0.4) is 0 Å². The second-order valence-corrected chi connectivity index (χ2v) is 6.58. The molecule has 1 aromatic carbocycles. The van der Waals surface area contributed by atoms with Crippen molar-refractivity contribution >= 4 is 23.6 Å². The van der Waals surface area contributed by atoms with Gasteiger partial charge in [-0.1, -0.05) is 12.1 Å². The summed E-state index contributed by atoms with van der Waals surface area (Å²) in [5.74, 6) is 2.24. The van der Waals surface area contributed by atoms with Gasteiger partial charge in [-0.25, -0.2) is 4.79 Å². The van der Waals surface area contributed by atoms with Crippen LogP contribution in [0.1, 0.15) is 12.7 Å². The molecule has 0 bridgehead atoms. The molecule has 1 fully saturated rings. The Hall–Kier alpha value is -3.14. The molecule has 2 N–H and O–H groups in total. The van der Waals surface area contributed by atoms with Crippen molar-refractivity contribution in [1.29, 1.82) is 0 Å². The van der Waals surface area contributed by atoms with Gasteiger partial charge < -0.3 is 29.9 Å². The van der Waals surface area contributed by atoms with Gasteiger partial charge in [0.25, 0.3) is 0 Å². The maximum absolute atomic E-state index is 12.4. The molecule has 10 heteroatoms. The lowest BCUT2D eigenvalue weighted by Crippen LogP contribution is -2.38. The Balaban J connectivity index is 1.67. The smallest absolute Gasteiger partial charge is 0.319 e. The van der Waals surface area contributed by atoms with Gasteiger partial charge in [-0.3, -0.25) is 0 Å². The van der Waals surface area contributed by atoms with Crippen molar-refractivity contribution in [3.8, 4) is 5.75 Å². The fourth-order valence-corrected chi connectivity index (χ4v) is 2.76. The maximum atomic E-state index is 12.4. The van der Waals surface area contributed by atoms with E-state index in [1.165, 1.54) is 0 Å². The zero-order valence-corrected chi connectivity index (χ0v) is 17.0. The fraction of sp³-hybridized carbons (Fsp3) is 0.474. The number of hydrogen-bond acceptors (Lipinski definition) is 8. The number of carbonyl (C=O) groups excluding carboxylic acids is 1. The molecule has 1 aliphatic rings. The Morgan fingerprint density at radius 2 is 1.97 bits per heavy atom. The number of urea groups is 1. The van der Waals surface area contributed by atoms with E-state index in [-0.39, 0.29) is 12.6 Å². The SMILES string of the molecule is CCOc1ccccc1NC(=O)NCc1nc(N(C)C)nc(N2CCOCC2)n1. The Labute approximate surface area is 170 Å². The summed E-state index contributed by atoms with van der Waals surface area (Å²) in [7, 11) is 3.74. The predicted octanol–water partition coefficient (Wildman–Crippen LogP) is 1.49. The first-order valence-corrected chi connectivity index (χ1v) is 9.58. The number of rotatable bonds is 7. The number of morpholine rings is 1. The molecule has 2 amide bonds. The highest BCUT2D eigenvalue weighted by Gasteiger charge is 2.17. The quantitative estimate of drug-likeness (QED) is 0.719. The number of benzene rings is 1. The number of anilines is 3. The molecule has 0 saturated carbocycles. The van der Waals surface area contributed by atoms with Crippen molar-refractivity contribution in [2.45, 2.75) is 13.5 Å². The molecule has 0 spiro atoms. The van der Waals surface area contributed by atoms with E-state index in [9.17, 15) is 4.79 Å². The van der Waals surface area contributed by atoms with Gasteiger partial charge in [-0.05, 0) is 19.1 Å². The lowest BCUT2D eigenvalue weighted by molar-refractivity contribution is 0.122. The summed E-state index contributed by atoms with van der Waals surface area (Å²) in [5.41, 5.74) is 0.602. The zero-order valence-electron chi connectivity index (χ0n) is 17.0. The van der Waals surface area contributed by atoms with Gasteiger partial charge in [0.05, 0.1) is 32.1 Å². The number of nitrogens with one attached hydrogen (secondary N) is 2. The van der Waals surface area contributed by atoms with Crippen molar-refractivity contribution in [2.24, 2.45) is 0 Å². The van der Waals surface area contributed by atoms with Crippen LogP contribution >= 0.6 is 0 Å². The van der Waals surface area contributed by atoms with Gasteiger partial charge in [0.2, 0.25) is 11.9 Å². The molecule has 1 aliphatic heterocycles. The normalized spacial score (nSPS) is 13.7. The molecule has 0 radical (unpaired) electrons. The van der Waals surface area contributed by atoms with E-state index in [1.807, 2.05) is 44.1 Å². The molecular weight excluding hydrogens is 374 g/mol. The molecule has 10 nitrogen and oxygen atoms in total. The minimum Gasteiger partial charge on any atom is -0.492 e. The number of hydrogen-bond donors (Lipinski definition) is 2. The first-order chi connectivity index (χ1) is 14.1. The van der Waals surface area contributed by atoms with E-state index in [4.69, 9.17) is 9.47 Å². The van der Waals surface area contributed by atoms with Crippen LogP contribution in [-0.4, -0.2) is 68.0 Å². The van der Waals surface area contributed by atoms with E-state index in [2.05, 4.69) is 30.5 Å². The van der Waals surface area contributed by atoms with Crippen LogP contribution in [0.2, 0.25) is 0 Å². The van der Waals surface area contributed by atoms with Gasteiger partial charge in [0, 0.05) is 27.2 Å². The monoisotopic (exact) mass is 401 g/mol. The van der Waals surface area contributed by atoms with Gasteiger partial charge >= 0.3 is 6.03 Å². The highest BCUT2D eigenvalue weighted by molar-refractivity contribution is 5.90. The molecule has 0 unspecified atom stereocenters. The van der Waals surface area contributed by atoms with Gasteiger partial charge in [-0.15, -0.1) is 0 Å². The fourth-order valence-electron chi connectivity index (χ4n) is 2.76. The standard InChI is InChI=1S/C19H27N7O3/c1-4-29-15-8-6-5-7-14(15)21-19(27)20-13-16-22-17(25(2)3)24-18(23-16)26-9-11-28-12-10-26/h5-8H,4,9-13H2,1-3H3,(H2,20,21,27). The second kappa shape index (κ2) is 9.87. The van der Waals surface area contributed by atoms with Crippen LogP contribution in [0, 0.1) is 0 Å². The van der Waals surface area contributed by atoms with Crippen LogP contribution in [0.15, 0.2) is 24.3 Å². The lowest BCUT2D eigenvalue weighted by atomic mass is 10.3. The zero-order chi connectivity index (χ0) is 20.6. The molecule has 0 atom stereocenters. The summed E-state index contributed by atoms with van der Waals surface area (Å²) >= 11 is 0. The average molecular weight is 401 g/mol. The Morgan fingerprint density at radius 3 is 2.69 bits per heavy atom. The van der Waals surface area contributed by atoms with Gasteiger partial charge in [-0.2, -0.15) is 15.0 Å². The highest BCUT2D eigenvalue weighted by atomic mass is 16.5. The van der Waals surface area contributed by atoms with Crippen LogP contribution in [-0.2, 0) is 11.3 Å². The van der Waals surface area contributed by atoms with Crippen LogP contribution in [0.4, 0.5) is 22.4 Å². The number of carbonyl (C=O) groups is 1. The lowest BCUT2D eigenvalue weighted by Gasteiger charge is -2.27. The summed E-state index contributed by atoms with van der Waals surface area (Å²) in [6.07, 6.45) is 0. The number of nitrogens with zero attached hydrogens (tertiary/aromatic N) is 5. The Morgan fingerprint density at radius 1 is 1.21 bits per heavy atom. The molecule has 29 heavy (non-hydrogen) atoms. The Kier molecular flexibility index (Phi) is 7.01. The van der Waals surface area contributed by atoms with Crippen molar-refractivity contribution in [3.63, 3.8) is 0 Å². The first-order valence-electron chi connectivity index (χ1n) is 9.58. The van der Waals surface area contributed by atoms with Crippen LogP contribution in [0.25, 0.3) is 0 Å². The summed E-state index contributed by atoms with van der Waals surface area (Å²) in [5, 5.41) is 5.59. The number of ether oxygens (including phenoxy) is 2. The highest BCUT2D eigenvalue weighted by Crippen LogP contribution is 2.23. The largest absolute Gasteiger partial charge is 0.492 e. The molecule has 2 heterocycles. The predicted molar refractivity (Wildman–Crippen MR) is 111 cm³/mol. The van der Waals surface area contributed by atoms with Crippen molar-refractivity contribution in [3.05, 3.63) is 30.1 Å². The average Bonchev–Trinajstić information content (AvgIpc) is 2.74. The minimum atomic E-state index is -0.364. The van der Waals surface area contributed by atoms with Gasteiger partial charge in [0.1, 0.15) is 5.75 Å². The van der Waals surface area contributed by atoms with E-state index >= 15 is 0 Å². The van der Waals surface area contributed by atoms with Gasteiger partial charge in [0.15, 0.2) is 5.82 Å². The van der Waals surface area contributed by atoms with Crippen molar-refractivity contribution in [1.82, 2.24) is 20.3 Å². The van der Waals surface area contributed by atoms with Crippen LogP contribution < -0.4 is 25.2 Å². The second-order valence-electron chi connectivity index (χ2n) is 6.58. The van der Waals surface area contributed by atoms with E-state index < -0.39 is 0 Å². The number of aromatic nitrogens is 3. The van der Waals surface area contributed by atoms with E-state index in [0.717, 1.165) is 13.1 Å². The molecule has 1 saturated heterocycles. The van der Waals surface area contributed by atoms with E-state index in [1.54, 1.807) is 6.07 Å². The molecule has 156 valence electrons. The molecule has 1 aromatic heterocycles. The number of amides is 2. The maximum Gasteiger partial charge on any atom is 0.319 e. The van der Waals surface area contributed by atoms with Crippen LogP contribution in [0.5, 0.6) is 5.75 Å². The third kappa shape index (κ3) is 5.67. The molecule has 0 aliphatic carbocycles. The molecule has 3 rings (SSSR count). The first kappa shape index (κ1) is 20.6. The number of para-hydroxylation sites is 2. The third-order valence-corrected chi connectivity index (χ3v) is 4.19. The summed E-state index contributed by atoms with van der Waals surface area (Å²) in [6.45, 7) is 5.30.